The maximum absolute atomic E-state index is 10.7. The fraction of sp³-hybridized carbons (Fsp3) is 0. The highest BCUT2D eigenvalue weighted by atomic mass is 35.5. The van der Waals surface area contributed by atoms with E-state index in [0.717, 1.165) is 0 Å². The van der Waals surface area contributed by atoms with Gasteiger partial charge in [0.1, 0.15) is 0 Å². The molecule has 0 aliphatic carbocycles. The molecule has 0 aliphatic heterocycles. The van der Waals surface area contributed by atoms with Gasteiger partial charge in [-0.1, -0.05) is 11.6 Å². The number of fused-ring (bicyclic) bond motifs is 1. The number of nitrogens with one attached hydrogen (secondary N) is 1. The Bertz CT molecular complexity index is 444. The van der Waals surface area contributed by atoms with Crippen molar-refractivity contribution in [1.29, 1.82) is 0 Å². The first kappa shape index (κ1) is 6.42. The average molecular weight is 170 g/mol. The van der Waals surface area contributed by atoms with Crippen LogP contribution in [-0.4, -0.2) is 14.6 Å². The monoisotopic (exact) mass is 169 g/mol. The minimum absolute atomic E-state index is 0.368. The third-order valence-corrected chi connectivity index (χ3v) is 1.56. The van der Waals surface area contributed by atoms with E-state index in [2.05, 4.69) is 10.1 Å². The van der Waals surface area contributed by atoms with Gasteiger partial charge in [0.2, 0.25) is 0 Å². The first-order chi connectivity index (χ1) is 5.25. The number of H-pyrrole nitrogens is 1. The van der Waals surface area contributed by atoms with Gasteiger partial charge in [0, 0.05) is 17.3 Å². The van der Waals surface area contributed by atoms with Gasteiger partial charge in [0.15, 0.2) is 5.65 Å². The summed E-state index contributed by atoms with van der Waals surface area (Å²) in [4.78, 5) is 14.3. The van der Waals surface area contributed by atoms with E-state index < -0.39 is 0 Å². The van der Waals surface area contributed by atoms with Crippen molar-refractivity contribution >= 4 is 17.2 Å². The van der Waals surface area contributed by atoms with Crippen molar-refractivity contribution in [2.75, 3.05) is 0 Å². The van der Waals surface area contributed by atoms with Crippen LogP contribution in [0.5, 0.6) is 0 Å². The van der Waals surface area contributed by atoms with Gasteiger partial charge in [-0.2, -0.15) is 4.98 Å². The fourth-order valence-corrected chi connectivity index (χ4v) is 1.03. The SMILES string of the molecule is O=c1nc2cc(Cl)ccn2[nH]1. The van der Waals surface area contributed by atoms with Crippen molar-refractivity contribution in [2.24, 2.45) is 0 Å². The second-order valence-corrected chi connectivity index (χ2v) is 2.54. The van der Waals surface area contributed by atoms with E-state index >= 15 is 0 Å². The molecule has 11 heavy (non-hydrogen) atoms. The van der Waals surface area contributed by atoms with Crippen LogP contribution >= 0.6 is 11.6 Å². The Morgan fingerprint density at radius 1 is 1.64 bits per heavy atom. The lowest BCUT2D eigenvalue weighted by molar-refractivity contribution is 0.935. The average Bonchev–Trinajstić information content (AvgIpc) is 2.27. The third-order valence-electron chi connectivity index (χ3n) is 1.33. The quantitative estimate of drug-likeness (QED) is 0.631. The van der Waals surface area contributed by atoms with E-state index in [9.17, 15) is 4.79 Å². The molecule has 0 amide bonds. The first-order valence-electron chi connectivity index (χ1n) is 3.00. The van der Waals surface area contributed by atoms with E-state index in [1.165, 1.54) is 4.52 Å². The van der Waals surface area contributed by atoms with E-state index in [4.69, 9.17) is 11.6 Å². The highest BCUT2D eigenvalue weighted by molar-refractivity contribution is 6.30. The van der Waals surface area contributed by atoms with Crippen molar-refractivity contribution in [3.63, 3.8) is 0 Å². The number of aromatic nitrogens is 3. The van der Waals surface area contributed by atoms with E-state index in [1.807, 2.05) is 0 Å². The first-order valence-corrected chi connectivity index (χ1v) is 3.37. The molecular formula is C6H4ClN3O. The summed E-state index contributed by atoms with van der Waals surface area (Å²) in [5.41, 5.74) is 0.162. The number of rotatable bonds is 0. The van der Waals surface area contributed by atoms with Crippen LogP contribution in [0.3, 0.4) is 0 Å². The number of halogens is 1. The number of nitrogens with zero attached hydrogens (tertiary/aromatic N) is 2. The number of pyridine rings is 1. The molecule has 0 aromatic carbocycles. The van der Waals surface area contributed by atoms with Gasteiger partial charge in [0.05, 0.1) is 0 Å². The molecule has 0 aliphatic rings. The molecule has 0 spiro atoms. The van der Waals surface area contributed by atoms with E-state index in [1.54, 1.807) is 18.3 Å². The van der Waals surface area contributed by atoms with Gasteiger partial charge in [0.25, 0.3) is 0 Å². The summed E-state index contributed by atoms with van der Waals surface area (Å²) in [6, 6.07) is 3.28. The van der Waals surface area contributed by atoms with Gasteiger partial charge < -0.3 is 0 Å². The summed E-state index contributed by atoms with van der Waals surface area (Å²) in [6.07, 6.45) is 1.64. The van der Waals surface area contributed by atoms with Crippen LogP contribution in [-0.2, 0) is 0 Å². The molecule has 2 aromatic heterocycles. The molecule has 1 N–H and O–H groups in total. The topological polar surface area (TPSA) is 50.2 Å². The standard InChI is InChI=1S/C6H4ClN3O/c7-4-1-2-10-5(3-4)8-6(11)9-10/h1-3H,(H,9,11). The molecule has 0 atom stereocenters. The summed E-state index contributed by atoms with van der Waals surface area (Å²) in [5, 5.41) is 3.04. The largest absolute Gasteiger partial charge is 0.362 e. The van der Waals surface area contributed by atoms with Gasteiger partial charge in [-0.25, -0.2) is 14.4 Å². The molecule has 56 valence electrons. The summed E-state index contributed by atoms with van der Waals surface area (Å²) in [7, 11) is 0. The van der Waals surface area contributed by atoms with Gasteiger partial charge >= 0.3 is 5.69 Å². The molecule has 0 saturated heterocycles. The van der Waals surface area contributed by atoms with Crippen LogP contribution in [0.15, 0.2) is 23.1 Å². The molecule has 0 unspecified atom stereocenters. The Kier molecular flexibility index (Phi) is 1.22. The third kappa shape index (κ3) is 1.01. The Morgan fingerprint density at radius 3 is 3.27 bits per heavy atom. The van der Waals surface area contributed by atoms with Crippen LogP contribution < -0.4 is 5.69 Å². The van der Waals surface area contributed by atoms with Crippen LogP contribution in [0, 0.1) is 0 Å². The van der Waals surface area contributed by atoms with Crippen molar-refractivity contribution in [3.05, 3.63) is 33.8 Å². The zero-order valence-electron chi connectivity index (χ0n) is 5.41. The Hall–Kier alpha value is -1.29. The van der Waals surface area contributed by atoms with Gasteiger partial charge in [-0.15, -0.1) is 0 Å². The highest BCUT2D eigenvalue weighted by Crippen LogP contribution is 2.07. The summed E-state index contributed by atoms with van der Waals surface area (Å²) < 4.78 is 1.51. The van der Waals surface area contributed by atoms with Gasteiger partial charge in [-0.05, 0) is 6.07 Å². The van der Waals surface area contributed by atoms with Crippen molar-refractivity contribution in [2.45, 2.75) is 0 Å². The van der Waals surface area contributed by atoms with Crippen LogP contribution in [0.2, 0.25) is 5.02 Å². The van der Waals surface area contributed by atoms with Crippen molar-refractivity contribution in [1.82, 2.24) is 14.6 Å². The minimum Gasteiger partial charge on any atom is -0.244 e. The molecule has 4 nitrogen and oxygen atoms in total. The predicted molar refractivity (Wildman–Crippen MR) is 40.8 cm³/mol. The molecule has 0 bridgehead atoms. The summed E-state index contributed by atoms with van der Waals surface area (Å²) in [6.45, 7) is 0. The number of hydrogen-bond acceptors (Lipinski definition) is 2. The van der Waals surface area contributed by atoms with Gasteiger partial charge in [-0.3, -0.25) is 0 Å². The minimum atomic E-state index is -0.368. The maximum Gasteiger partial charge on any atom is 0.362 e. The molecule has 0 fully saturated rings. The Labute approximate surface area is 66.4 Å². The lowest BCUT2D eigenvalue weighted by atomic mass is 10.5. The van der Waals surface area contributed by atoms with Crippen molar-refractivity contribution < 1.29 is 0 Å². The Balaban J connectivity index is 2.92. The molecule has 2 rings (SSSR count). The normalized spacial score (nSPS) is 10.6. The molecular weight excluding hydrogens is 166 g/mol. The van der Waals surface area contributed by atoms with Crippen LogP contribution in [0.1, 0.15) is 0 Å². The summed E-state index contributed by atoms with van der Waals surface area (Å²) in [5.74, 6) is 0. The van der Waals surface area contributed by atoms with Crippen LogP contribution in [0.4, 0.5) is 0 Å². The lowest BCUT2D eigenvalue weighted by Crippen LogP contribution is -2.01. The molecule has 5 heteroatoms. The van der Waals surface area contributed by atoms with E-state index in [0.29, 0.717) is 10.7 Å². The smallest absolute Gasteiger partial charge is 0.244 e. The second-order valence-electron chi connectivity index (χ2n) is 2.10. The zero-order valence-corrected chi connectivity index (χ0v) is 6.17. The Morgan fingerprint density at radius 2 is 2.45 bits per heavy atom. The molecule has 2 aromatic rings. The fourth-order valence-electron chi connectivity index (χ4n) is 0.876. The number of aromatic amines is 1. The van der Waals surface area contributed by atoms with E-state index in [-0.39, 0.29) is 5.69 Å². The lowest BCUT2D eigenvalue weighted by Gasteiger charge is -1.90. The summed E-state index contributed by atoms with van der Waals surface area (Å²) >= 11 is 5.66. The predicted octanol–water partition coefficient (Wildman–Crippen LogP) is 0.676. The maximum atomic E-state index is 10.7. The second kappa shape index (κ2) is 2.10. The number of hydrogen-bond donors (Lipinski definition) is 1. The molecule has 2 heterocycles. The molecule has 0 saturated carbocycles. The molecule has 0 radical (unpaired) electrons. The van der Waals surface area contributed by atoms with Crippen molar-refractivity contribution in [3.8, 4) is 0 Å². The zero-order chi connectivity index (χ0) is 7.84. The van der Waals surface area contributed by atoms with Crippen LogP contribution in [0.25, 0.3) is 5.65 Å². The highest BCUT2D eigenvalue weighted by Gasteiger charge is 1.96.